The SMILES string of the molecule is Cc1cccc(N=C(N)NC(=O)c2cccs2)c1. The molecule has 0 aliphatic rings. The third-order valence-corrected chi connectivity index (χ3v) is 3.11. The standard InChI is InChI=1S/C13H13N3OS/c1-9-4-2-5-10(8-9)15-13(14)16-12(17)11-6-3-7-18-11/h2-8H,1H3,(H3,14,15,16,17). The average Bonchev–Trinajstić information content (AvgIpc) is 2.81. The van der Waals surface area contributed by atoms with E-state index >= 15 is 0 Å². The Morgan fingerprint density at radius 2 is 2.17 bits per heavy atom. The first-order valence-electron chi connectivity index (χ1n) is 5.41. The summed E-state index contributed by atoms with van der Waals surface area (Å²) in [6, 6.07) is 11.1. The summed E-state index contributed by atoms with van der Waals surface area (Å²) in [6.07, 6.45) is 0. The molecule has 0 aliphatic carbocycles. The number of guanidine groups is 1. The predicted molar refractivity (Wildman–Crippen MR) is 74.2 cm³/mol. The van der Waals surface area contributed by atoms with Crippen molar-refractivity contribution in [1.29, 1.82) is 0 Å². The summed E-state index contributed by atoms with van der Waals surface area (Å²) in [6.45, 7) is 1.97. The molecule has 1 heterocycles. The molecule has 1 aromatic carbocycles. The summed E-state index contributed by atoms with van der Waals surface area (Å²) in [4.78, 5) is 16.5. The average molecular weight is 259 g/mol. The topological polar surface area (TPSA) is 67.5 Å². The van der Waals surface area contributed by atoms with E-state index in [0.717, 1.165) is 11.3 Å². The van der Waals surface area contributed by atoms with Crippen LogP contribution in [-0.4, -0.2) is 11.9 Å². The zero-order valence-corrected chi connectivity index (χ0v) is 10.7. The molecule has 0 unspecified atom stereocenters. The fourth-order valence-corrected chi connectivity index (χ4v) is 2.07. The van der Waals surface area contributed by atoms with E-state index in [0.29, 0.717) is 4.88 Å². The quantitative estimate of drug-likeness (QED) is 0.642. The molecular weight excluding hydrogens is 246 g/mol. The van der Waals surface area contributed by atoms with Gasteiger partial charge in [-0.15, -0.1) is 11.3 Å². The lowest BCUT2D eigenvalue weighted by Gasteiger charge is -2.03. The summed E-state index contributed by atoms with van der Waals surface area (Å²) in [5, 5.41) is 4.39. The van der Waals surface area contributed by atoms with Gasteiger partial charge in [0.1, 0.15) is 0 Å². The van der Waals surface area contributed by atoms with Gasteiger partial charge in [0.25, 0.3) is 5.91 Å². The zero-order valence-electron chi connectivity index (χ0n) is 9.88. The van der Waals surface area contributed by atoms with Crippen molar-refractivity contribution in [2.45, 2.75) is 6.92 Å². The minimum atomic E-state index is -0.237. The summed E-state index contributed by atoms with van der Waals surface area (Å²) in [5.41, 5.74) is 7.50. The van der Waals surface area contributed by atoms with Crippen molar-refractivity contribution in [3.63, 3.8) is 0 Å². The fourth-order valence-electron chi connectivity index (χ4n) is 1.45. The molecule has 2 aromatic rings. The maximum Gasteiger partial charge on any atom is 0.268 e. The number of amides is 1. The lowest BCUT2D eigenvalue weighted by molar-refractivity contribution is 0.0980. The number of nitrogens with two attached hydrogens (primary N) is 1. The smallest absolute Gasteiger partial charge is 0.268 e. The maximum atomic E-state index is 11.7. The zero-order chi connectivity index (χ0) is 13.0. The van der Waals surface area contributed by atoms with Crippen LogP contribution >= 0.6 is 11.3 Å². The second kappa shape index (κ2) is 5.46. The molecule has 0 bridgehead atoms. The molecule has 0 saturated heterocycles. The van der Waals surface area contributed by atoms with Gasteiger partial charge in [-0.2, -0.15) is 0 Å². The third kappa shape index (κ3) is 3.18. The Morgan fingerprint density at radius 1 is 1.33 bits per heavy atom. The maximum absolute atomic E-state index is 11.7. The van der Waals surface area contributed by atoms with Crippen LogP contribution in [0.1, 0.15) is 15.2 Å². The molecular formula is C13H13N3OS. The number of nitrogens with zero attached hydrogens (tertiary/aromatic N) is 1. The Hall–Kier alpha value is -2.14. The molecule has 0 saturated carbocycles. The number of aliphatic imine (C=N–C) groups is 1. The number of carbonyl (C=O) groups excluding carboxylic acids is 1. The first kappa shape index (κ1) is 12.3. The van der Waals surface area contributed by atoms with Crippen LogP contribution in [0.25, 0.3) is 0 Å². The highest BCUT2D eigenvalue weighted by Gasteiger charge is 2.07. The highest BCUT2D eigenvalue weighted by Crippen LogP contribution is 2.13. The van der Waals surface area contributed by atoms with Gasteiger partial charge < -0.3 is 5.73 Å². The van der Waals surface area contributed by atoms with Crippen LogP contribution in [0.15, 0.2) is 46.8 Å². The number of rotatable bonds is 2. The molecule has 3 N–H and O–H groups in total. The summed E-state index contributed by atoms with van der Waals surface area (Å²) in [5.74, 6) is -0.141. The molecule has 1 amide bonds. The summed E-state index contributed by atoms with van der Waals surface area (Å²) >= 11 is 1.36. The predicted octanol–water partition coefficient (Wildman–Crippen LogP) is 2.43. The van der Waals surface area contributed by atoms with Gasteiger partial charge in [-0.05, 0) is 36.1 Å². The molecule has 0 aliphatic heterocycles. The van der Waals surface area contributed by atoms with Gasteiger partial charge in [-0.3, -0.25) is 10.1 Å². The van der Waals surface area contributed by atoms with E-state index < -0.39 is 0 Å². The lowest BCUT2D eigenvalue weighted by Crippen LogP contribution is -2.36. The third-order valence-electron chi connectivity index (χ3n) is 2.24. The van der Waals surface area contributed by atoms with Crippen molar-refractivity contribution in [3.05, 3.63) is 52.2 Å². The molecule has 4 nitrogen and oxygen atoms in total. The van der Waals surface area contributed by atoms with Gasteiger partial charge in [0, 0.05) is 0 Å². The van der Waals surface area contributed by atoms with E-state index in [4.69, 9.17) is 5.73 Å². The fraction of sp³-hybridized carbons (Fsp3) is 0.0769. The number of hydrogen-bond donors (Lipinski definition) is 2. The van der Waals surface area contributed by atoms with Crippen LogP contribution in [0.2, 0.25) is 0 Å². The van der Waals surface area contributed by atoms with Gasteiger partial charge in [0.2, 0.25) is 5.96 Å². The van der Waals surface area contributed by atoms with Gasteiger partial charge >= 0.3 is 0 Å². The van der Waals surface area contributed by atoms with E-state index in [1.54, 1.807) is 6.07 Å². The van der Waals surface area contributed by atoms with Crippen LogP contribution in [0.3, 0.4) is 0 Å². The molecule has 18 heavy (non-hydrogen) atoms. The van der Waals surface area contributed by atoms with Crippen LogP contribution in [0.5, 0.6) is 0 Å². The number of nitrogens with one attached hydrogen (secondary N) is 1. The molecule has 0 spiro atoms. The molecule has 0 fully saturated rings. The molecule has 92 valence electrons. The van der Waals surface area contributed by atoms with Crippen molar-refractivity contribution in [3.8, 4) is 0 Å². The molecule has 1 aromatic heterocycles. The Morgan fingerprint density at radius 3 is 2.83 bits per heavy atom. The second-order valence-corrected chi connectivity index (χ2v) is 4.72. The molecule has 5 heteroatoms. The Kier molecular flexibility index (Phi) is 3.74. The number of aryl methyl sites for hydroxylation is 1. The van der Waals surface area contributed by atoms with Crippen molar-refractivity contribution >= 4 is 28.9 Å². The van der Waals surface area contributed by atoms with Gasteiger partial charge in [0.05, 0.1) is 10.6 Å². The first-order valence-corrected chi connectivity index (χ1v) is 6.29. The molecule has 0 atom stereocenters. The van der Waals surface area contributed by atoms with E-state index in [1.807, 2.05) is 42.6 Å². The molecule has 0 radical (unpaired) electrons. The van der Waals surface area contributed by atoms with E-state index in [1.165, 1.54) is 11.3 Å². The van der Waals surface area contributed by atoms with Crippen molar-refractivity contribution < 1.29 is 4.79 Å². The van der Waals surface area contributed by atoms with E-state index in [9.17, 15) is 4.79 Å². The van der Waals surface area contributed by atoms with Crippen LogP contribution < -0.4 is 11.1 Å². The monoisotopic (exact) mass is 259 g/mol. The van der Waals surface area contributed by atoms with Crippen LogP contribution in [0, 0.1) is 6.92 Å². The first-order chi connectivity index (χ1) is 8.65. The highest BCUT2D eigenvalue weighted by atomic mass is 32.1. The second-order valence-electron chi connectivity index (χ2n) is 3.77. The van der Waals surface area contributed by atoms with E-state index in [-0.39, 0.29) is 11.9 Å². The highest BCUT2D eigenvalue weighted by molar-refractivity contribution is 7.12. The largest absolute Gasteiger partial charge is 0.369 e. The van der Waals surface area contributed by atoms with Crippen molar-refractivity contribution in [2.24, 2.45) is 10.7 Å². The number of carbonyl (C=O) groups is 1. The minimum Gasteiger partial charge on any atom is -0.369 e. The van der Waals surface area contributed by atoms with Crippen molar-refractivity contribution in [2.75, 3.05) is 0 Å². The van der Waals surface area contributed by atoms with Crippen molar-refractivity contribution in [1.82, 2.24) is 5.32 Å². The van der Waals surface area contributed by atoms with Gasteiger partial charge in [-0.1, -0.05) is 18.2 Å². The summed E-state index contributed by atoms with van der Waals surface area (Å²) in [7, 11) is 0. The molecule has 2 rings (SSSR count). The number of thiophene rings is 1. The van der Waals surface area contributed by atoms with Crippen LogP contribution in [0.4, 0.5) is 5.69 Å². The van der Waals surface area contributed by atoms with E-state index in [2.05, 4.69) is 10.3 Å². The number of hydrogen-bond acceptors (Lipinski definition) is 3. The van der Waals surface area contributed by atoms with Gasteiger partial charge in [0.15, 0.2) is 0 Å². The summed E-state index contributed by atoms with van der Waals surface area (Å²) < 4.78 is 0. The minimum absolute atomic E-state index is 0.0963. The Labute approximate surface area is 109 Å². The normalized spacial score (nSPS) is 11.3. The lowest BCUT2D eigenvalue weighted by atomic mass is 10.2. The Bertz CT molecular complexity index is 576. The Balaban J connectivity index is 2.08. The number of benzene rings is 1. The van der Waals surface area contributed by atoms with Crippen LogP contribution in [-0.2, 0) is 0 Å². The van der Waals surface area contributed by atoms with Gasteiger partial charge in [-0.25, -0.2) is 4.99 Å².